The maximum Gasteiger partial charge on any atom is 0.245 e. The van der Waals surface area contributed by atoms with Gasteiger partial charge in [-0.1, -0.05) is 19.3 Å². The van der Waals surface area contributed by atoms with Crippen LogP contribution in [0.25, 0.3) is 0 Å². The minimum Gasteiger partial charge on any atom is -0.452 e. The normalized spacial score (nSPS) is 19.5. The van der Waals surface area contributed by atoms with E-state index in [0.29, 0.717) is 5.76 Å². The predicted molar refractivity (Wildman–Crippen MR) is 76.1 cm³/mol. The van der Waals surface area contributed by atoms with Crippen molar-refractivity contribution in [3.05, 3.63) is 16.5 Å². The molecule has 108 valence electrons. The van der Waals surface area contributed by atoms with E-state index in [1.807, 2.05) is 6.92 Å². The number of nitrogens with two attached hydrogens (primary N) is 1. The zero-order valence-electron chi connectivity index (χ0n) is 10.9. The van der Waals surface area contributed by atoms with Crippen LogP contribution in [-0.2, 0) is 16.6 Å². The van der Waals surface area contributed by atoms with Gasteiger partial charge in [-0.15, -0.1) is 0 Å². The van der Waals surface area contributed by atoms with Gasteiger partial charge in [0, 0.05) is 11.6 Å². The lowest BCUT2D eigenvalue weighted by atomic mass is 9.84. The molecule has 1 heterocycles. The van der Waals surface area contributed by atoms with Gasteiger partial charge in [-0.25, -0.2) is 13.1 Å². The van der Waals surface area contributed by atoms with Crippen LogP contribution in [0, 0.1) is 0 Å². The summed E-state index contributed by atoms with van der Waals surface area (Å²) < 4.78 is 33.1. The molecule has 0 amide bonds. The standard InChI is InChI=1S/C12H19BrN2O3S/c1-12(5-3-2-4-6-12)15-19(16,17)10-7-9(8-14)18-11(10)13/h7,15H,2-6,8,14H2,1H3. The lowest BCUT2D eigenvalue weighted by molar-refractivity contribution is 0.294. The molecule has 0 unspecified atom stereocenters. The van der Waals surface area contributed by atoms with Gasteiger partial charge < -0.3 is 10.2 Å². The van der Waals surface area contributed by atoms with E-state index in [1.54, 1.807) is 0 Å². The van der Waals surface area contributed by atoms with Crippen LogP contribution in [0.1, 0.15) is 44.8 Å². The Morgan fingerprint density at radius 3 is 2.58 bits per heavy atom. The molecule has 0 radical (unpaired) electrons. The van der Waals surface area contributed by atoms with Crippen molar-refractivity contribution in [2.24, 2.45) is 5.73 Å². The van der Waals surface area contributed by atoms with Crippen LogP contribution in [0.15, 0.2) is 20.0 Å². The molecule has 1 aliphatic rings. The third kappa shape index (κ3) is 3.39. The molecule has 0 bridgehead atoms. The van der Waals surface area contributed by atoms with Gasteiger partial charge in [-0.05, 0) is 35.7 Å². The average molecular weight is 351 g/mol. The van der Waals surface area contributed by atoms with Gasteiger partial charge in [0.25, 0.3) is 0 Å². The Hall–Kier alpha value is -0.370. The predicted octanol–water partition coefficient (Wildman–Crippen LogP) is 2.50. The highest BCUT2D eigenvalue weighted by molar-refractivity contribution is 9.10. The molecule has 0 spiro atoms. The van der Waals surface area contributed by atoms with E-state index in [0.717, 1.165) is 25.7 Å². The van der Waals surface area contributed by atoms with Crippen molar-refractivity contribution >= 4 is 26.0 Å². The Kier molecular flexibility index (Phi) is 4.39. The second-order valence-electron chi connectivity index (χ2n) is 5.28. The molecule has 1 aromatic heterocycles. The molecule has 2 rings (SSSR count). The molecule has 19 heavy (non-hydrogen) atoms. The van der Waals surface area contributed by atoms with E-state index in [4.69, 9.17) is 10.2 Å². The molecule has 0 saturated heterocycles. The summed E-state index contributed by atoms with van der Waals surface area (Å²) in [5.41, 5.74) is 5.09. The Morgan fingerprint density at radius 1 is 1.42 bits per heavy atom. The third-order valence-corrected chi connectivity index (χ3v) is 6.03. The van der Waals surface area contributed by atoms with Crippen LogP contribution in [0.5, 0.6) is 0 Å². The Balaban J connectivity index is 2.24. The topological polar surface area (TPSA) is 85.3 Å². The molecule has 7 heteroatoms. The number of hydrogen-bond donors (Lipinski definition) is 2. The van der Waals surface area contributed by atoms with E-state index < -0.39 is 10.0 Å². The maximum atomic E-state index is 12.4. The van der Waals surface area contributed by atoms with Crippen LogP contribution in [0.4, 0.5) is 0 Å². The van der Waals surface area contributed by atoms with E-state index in [9.17, 15) is 8.42 Å². The summed E-state index contributed by atoms with van der Waals surface area (Å²) in [5.74, 6) is 0.445. The Labute approximate surface area is 122 Å². The maximum absolute atomic E-state index is 12.4. The van der Waals surface area contributed by atoms with Crippen LogP contribution in [0.2, 0.25) is 0 Å². The lowest BCUT2D eigenvalue weighted by Gasteiger charge is -2.33. The highest BCUT2D eigenvalue weighted by Crippen LogP contribution is 2.32. The van der Waals surface area contributed by atoms with Gasteiger partial charge in [-0.3, -0.25) is 0 Å². The Morgan fingerprint density at radius 2 is 2.05 bits per heavy atom. The molecule has 0 aliphatic heterocycles. The monoisotopic (exact) mass is 350 g/mol. The van der Waals surface area contributed by atoms with Crippen LogP contribution >= 0.6 is 15.9 Å². The lowest BCUT2D eigenvalue weighted by Crippen LogP contribution is -2.47. The van der Waals surface area contributed by atoms with Gasteiger partial charge in [0.05, 0.1) is 6.54 Å². The van der Waals surface area contributed by atoms with E-state index in [2.05, 4.69) is 20.7 Å². The van der Waals surface area contributed by atoms with Gasteiger partial charge in [-0.2, -0.15) is 0 Å². The zero-order valence-corrected chi connectivity index (χ0v) is 13.3. The molecule has 1 aromatic rings. The summed E-state index contributed by atoms with van der Waals surface area (Å²) in [6.07, 6.45) is 5.01. The first kappa shape index (κ1) is 15.0. The fraction of sp³-hybridized carbons (Fsp3) is 0.667. The molecule has 1 saturated carbocycles. The largest absolute Gasteiger partial charge is 0.452 e. The number of hydrogen-bond acceptors (Lipinski definition) is 4. The molecule has 0 atom stereocenters. The Bertz CT molecular complexity index is 547. The molecule has 1 fully saturated rings. The fourth-order valence-corrected chi connectivity index (χ4v) is 4.96. The van der Waals surface area contributed by atoms with Crippen molar-refractivity contribution < 1.29 is 12.8 Å². The zero-order chi connectivity index (χ0) is 14.1. The molecule has 1 aliphatic carbocycles. The number of sulfonamides is 1. The van der Waals surface area contributed by atoms with Crippen LogP contribution < -0.4 is 10.5 Å². The fourth-order valence-electron chi connectivity index (χ4n) is 2.50. The van der Waals surface area contributed by atoms with E-state index >= 15 is 0 Å². The van der Waals surface area contributed by atoms with Gasteiger partial charge in [0.1, 0.15) is 10.7 Å². The highest BCUT2D eigenvalue weighted by atomic mass is 79.9. The summed E-state index contributed by atoms with van der Waals surface area (Å²) in [6.45, 7) is 2.13. The molecule has 0 aromatic carbocycles. The number of furan rings is 1. The molecular formula is C12H19BrN2O3S. The smallest absolute Gasteiger partial charge is 0.245 e. The summed E-state index contributed by atoms with van der Waals surface area (Å²) in [5, 5.41) is 0. The average Bonchev–Trinajstić information content (AvgIpc) is 2.71. The van der Waals surface area contributed by atoms with Crippen molar-refractivity contribution in [2.75, 3.05) is 0 Å². The van der Waals surface area contributed by atoms with Crippen LogP contribution in [-0.4, -0.2) is 14.0 Å². The number of rotatable bonds is 4. The van der Waals surface area contributed by atoms with E-state index in [-0.39, 0.29) is 21.6 Å². The van der Waals surface area contributed by atoms with Gasteiger partial charge >= 0.3 is 0 Å². The quantitative estimate of drug-likeness (QED) is 0.873. The van der Waals surface area contributed by atoms with E-state index in [1.165, 1.54) is 12.5 Å². The SMILES string of the molecule is CC1(NS(=O)(=O)c2cc(CN)oc2Br)CCCCC1. The number of halogens is 1. The first-order chi connectivity index (χ1) is 8.86. The summed E-state index contributed by atoms with van der Waals surface area (Å²) in [6, 6.07) is 1.47. The van der Waals surface area contributed by atoms with Crippen molar-refractivity contribution in [2.45, 2.75) is 56.0 Å². The minimum atomic E-state index is -3.58. The molecule has 5 nitrogen and oxygen atoms in total. The van der Waals surface area contributed by atoms with Crippen molar-refractivity contribution in [1.29, 1.82) is 0 Å². The second kappa shape index (κ2) is 5.55. The molecular weight excluding hydrogens is 332 g/mol. The van der Waals surface area contributed by atoms with Crippen molar-refractivity contribution in [3.63, 3.8) is 0 Å². The van der Waals surface area contributed by atoms with Crippen molar-refractivity contribution in [1.82, 2.24) is 4.72 Å². The summed E-state index contributed by atoms with van der Waals surface area (Å²) in [4.78, 5) is 0.125. The van der Waals surface area contributed by atoms with Crippen LogP contribution in [0.3, 0.4) is 0 Å². The van der Waals surface area contributed by atoms with Crippen molar-refractivity contribution in [3.8, 4) is 0 Å². The number of nitrogens with one attached hydrogen (secondary N) is 1. The minimum absolute atomic E-state index is 0.125. The summed E-state index contributed by atoms with van der Waals surface area (Å²) >= 11 is 3.13. The first-order valence-electron chi connectivity index (χ1n) is 6.39. The van der Waals surface area contributed by atoms with Gasteiger partial charge in [0.2, 0.25) is 10.0 Å². The highest BCUT2D eigenvalue weighted by Gasteiger charge is 2.33. The van der Waals surface area contributed by atoms with Gasteiger partial charge in [0.15, 0.2) is 4.67 Å². The molecule has 3 N–H and O–H groups in total. The third-order valence-electron chi connectivity index (χ3n) is 3.54. The second-order valence-corrected chi connectivity index (χ2v) is 7.65. The first-order valence-corrected chi connectivity index (χ1v) is 8.66. The summed E-state index contributed by atoms with van der Waals surface area (Å²) in [7, 11) is -3.58.